The summed E-state index contributed by atoms with van der Waals surface area (Å²) >= 11 is 1.74. The first-order valence-corrected chi connectivity index (χ1v) is 8.76. The maximum Gasteiger partial charge on any atom is 0.412 e. The molecule has 0 spiro atoms. The number of hydrogen-bond acceptors (Lipinski definition) is 5. The van der Waals surface area contributed by atoms with E-state index in [0.717, 1.165) is 18.8 Å². The molecule has 0 aliphatic heterocycles. The van der Waals surface area contributed by atoms with Crippen LogP contribution in [0.5, 0.6) is 5.75 Å². The summed E-state index contributed by atoms with van der Waals surface area (Å²) in [6.45, 7) is 7.71. The standard InChI is InChI=1S/C18H24N2O3S/c1-18(2,3)23-17(21)20-14-6-8-15(9-7-14)22-11-10-19-13-16-5-4-12-24-16/h4-9,12,19H,10-11,13H2,1-3H3,(H,20,21). The lowest BCUT2D eigenvalue weighted by atomic mass is 10.2. The third-order valence-corrected chi connectivity index (χ3v) is 3.80. The molecule has 0 saturated carbocycles. The van der Waals surface area contributed by atoms with Crippen molar-refractivity contribution in [3.05, 3.63) is 46.7 Å². The molecule has 2 N–H and O–H groups in total. The van der Waals surface area contributed by atoms with E-state index in [9.17, 15) is 4.79 Å². The van der Waals surface area contributed by atoms with Crippen molar-refractivity contribution in [1.29, 1.82) is 0 Å². The van der Waals surface area contributed by atoms with Gasteiger partial charge in [-0.2, -0.15) is 0 Å². The zero-order valence-corrected chi connectivity index (χ0v) is 15.1. The van der Waals surface area contributed by atoms with Gasteiger partial charge in [0.15, 0.2) is 0 Å². The first kappa shape index (κ1) is 18.3. The first-order chi connectivity index (χ1) is 11.4. The number of rotatable bonds is 7. The molecule has 1 aromatic heterocycles. The number of thiophene rings is 1. The van der Waals surface area contributed by atoms with Gasteiger partial charge in [-0.15, -0.1) is 11.3 Å². The number of carbonyl (C=O) groups excluding carboxylic acids is 1. The van der Waals surface area contributed by atoms with Crippen molar-refractivity contribution in [2.75, 3.05) is 18.5 Å². The Balaban J connectivity index is 1.67. The molecule has 5 nitrogen and oxygen atoms in total. The fraction of sp³-hybridized carbons (Fsp3) is 0.389. The molecule has 24 heavy (non-hydrogen) atoms. The number of carbonyl (C=O) groups is 1. The van der Waals surface area contributed by atoms with E-state index in [0.29, 0.717) is 12.3 Å². The van der Waals surface area contributed by atoms with Gasteiger partial charge in [-0.05, 0) is 56.5 Å². The van der Waals surface area contributed by atoms with Gasteiger partial charge in [0.2, 0.25) is 0 Å². The molecule has 1 amide bonds. The van der Waals surface area contributed by atoms with Crippen LogP contribution in [-0.4, -0.2) is 24.8 Å². The second-order valence-corrected chi connectivity index (χ2v) is 7.29. The summed E-state index contributed by atoms with van der Waals surface area (Å²) in [4.78, 5) is 13.0. The topological polar surface area (TPSA) is 59.6 Å². The molecule has 0 unspecified atom stereocenters. The van der Waals surface area contributed by atoms with E-state index in [-0.39, 0.29) is 0 Å². The van der Waals surface area contributed by atoms with E-state index < -0.39 is 11.7 Å². The van der Waals surface area contributed by atoms with E-state index in [2.05, 4.69) is 22.1 Å². The first-order valence-electron chi connectivity index (χ1n) is 7.88. The van der Waals surface area contributed by atoms with E-state index >= 15 is 0 Å². The molecule has 1 aromatic carbocycles. The number of ether oxygens (including phenoxy) is 2. The Hall–Kier alpha value is -2.05. The van der Waals surface area contributed by atoms with Gasteiger partial charge < -0.3 is 14.8 Å². The molecule has 2 rings (SSSR count). The van der Waals surface area contributed by atoms with Crippen molar-refractivity contribution in [3.8, 4) is 5.75 Å². The minimum absolute atomic E-state index is 0.464. The molecule has 0 aliphatic carbocycles. The van der Waals surface area contributed by atoms with E-state index in [4.69, 9.17) is 9.47 Å². The van der Waals surface area contributed by atoms with Crippen molar-refractivity contribution >= 4 is 23.1 Å². The number of anilines is 1. The van der Waals surface area contributed by atoms with Crippen LogP contribution in [0.1, 0.15) is 25.6 Å². The maximum atomic E-state index is 11.7. The lowest BCUT2D eigenvalue weighted by Gasteiger charge is -2.19. The monoisotopic (exact) mass is 348 g/mol. The van der Waals surface area contributed by atoms with Crippen molar-refractivity contribution in [2.45, 2.75) is 32.9 Å². The van der Waals surface area contributed by atoms with Gasteiger partial charge >= 0.3 is 6.09 Å². The third kappa shape index (κ3) is 7.02. The predicted molar refractivity (Wildman–Crippen MR) is 97.8 cm³/mol. The minimum Gasteiger partial charge on any atom is -0.492 e. The Kier molecular flexibility index (Phi) is 6.63. The van der Waals surface area contributed by atoms with Crippen LogP contribution in [0, 0.1) is 0 Å². The second kappa shape index (κ2) is 8.70. The van der Waals surface area contributed by atoms with Crippen LogP contribution in [0.15, 0.2) is 41.8 Å². The highest BCUT2D eigenvalue weighted by Crippen LogP contribution is 2.17. The quantitative estimate of drug-likeness (QED) is 0.734. The molecule has 2 aromatic rings. The van der Waals surface area contributed by atoms with Crippen molar-refractivity contribution in [2.24, 2.45) is 0 Å². The fourth-order valence-corrected chi connectivity index (χ4v) is 2.60. The highest BCUT2D eigenvalue weighted by Gasteiger charge is 2.16. The molecular weight excluding hydrogens is 324 g/mol. The average molecular weight is 348 g/mol. The van der Waals surface area contributed by atoms with Crippen LogP contribution in [0.2, 0.25) is 0 Å². The van der Waals surface area contributed by atoms with E-state index in [1.165, 1.54) is 4.88 Å². The maximum absolute atomic E-state index is 11.7. The molecule has 0 aliphatic rings. The Bertz CT molecular complexity index is 619. The summed E-state index contributed by atoms with van der Waals surface area (Å²) in [7, 11) is 0. The average Bonchev–Trinajstić information content (AvgIpc) is 3.00. The lowest BCUT2D eigenvalue weighted by molar-refractivity contribution is 0.0636. The molecule has 0 bridgehead atoms. The van der Waals surface area contributed by atoms with E-state index in [1.807, 2.05) is 39.0 Å². The lowest BCUT2D eigenvalue weighted by Crippen LogP contribution is -2.27. The zero-order valence-electron chi connectivity index (χ0n) is 14.3. The molecule has 0 fully saturated rings. The van der Waals surface area contributed by atoms with Crippen LogP contribution in [0.4, 0.5) is 10.5 Å². The second-order valence-electron chi connectivity index (χ2n) is 6.26. The van der Waals surface area contributed by atoms with Gasteiger partial charge in [0.1, 0.15) is 18.0 Å². The molecule has 0 radical (unpaired) electrons. The Morgan fingerprint density at radius 3 is 2.54 bits per heavy atom. The molecule has 6 heteroatoms. The van der Waals surface area contributed by atoms with Crippen LogP contribution >= 0.6 is 11.3 Å². The van der Waals surface area contributed by atoms with Gasteiger partial charge in [0, 0.05) is 23.7 Å². The predicted octanol–water partition coefficient (Wildman–Crippen LogP) is 4.26. The van der Waals surface area contributed by atoms with Crippen molar-refractivity contribution in [3.63, 3.8) is 0 Å². The summed E-state index contributed by atoms with van der Waals surface area (Å²) in [5.41, 5.74) is 0.163. The number of nitrogens with one attached hydrogen (secondary N) is 2. The number of amides is 1. The Morgan fingerprint density at radius 1 is 1.17 bits per heavy atom. The van der Waals surface area contributed by atoms with Crippen LogP contribution in [0.3, 0.4) is 0 Å². The number of benzene rings is 1. The molecule has 1 heterocycles. The number of hydrogen-bond donors (Lipinski definition) is 2. The molecule has 130 valence electrons. The summed E-state index contributed by atoms with van der Waals surface area (Å²) in [6, 6.07) is 11.4. The third-order valence-electron chi connectivity index (χ3n) is 2.93. The van der Waals surface area contributed by atoms with Gasteiger partial charge in [-0.3, -0.25) is 5.32 Å². The minimum atomic E-state index is -0.511. The Labute approximate surface area is 147 Å². The highest BCUT2D eigenvalue weighted by molar-refractivity contribution is 7.09. The molecular formula is C18H24N2O3S. The highest BCUT2D eigenvalue weighted by atomic mass is 32.1. The summed E-state index contributed by atoms with van der Waals surface area (Å²) in [5, 5.41) is 8.09. The zero-order chi connectivity index (χ0) is 17.4. The Morgan fingerprint density at radius 2 is 1.92 bits per heavy atom. The smallest absolute Gasteiger partial charge is 0.412 e. The normalized spacial score (nSPS) is 11.1. The summed E-state index contributed by atoms with van der Waals surface area (Å²) in [5.74, 6) is 0.766. The largest absolute Gasteiger partial charge is 0.492 e. The van der Waals surface area contributed by atoms with Crippen LogP contribution < -0.4 is 15.4 Å². The molecule has 0 saturated heterocycles. The van der Waals surface area contributed by atoms with E-state index in [1.54, 1.807) is 23.5 Å². The van der Waals surface area contributed by atoms with Gasteiger partial charge in [0.05, 0.1) is 0 Å². The fourth-order valence-electron chi connectivity index (χ4n) is 1.92. The molecule has 0 atom stereocenters. The van der Waals surface area contributed by atoms with Crippen molar-refractivity contribution in [1.82, 2.24) is 5.32 Å². The van der Waals surface area contributed by atoms with Gasteiger partial charge in [-0.1, -0.05) is 6.07 Å². The summed E-state index contributed by atoms with van der Waals surface area (Å²) < 4.78 is 10.9. The van der Waals surface area contributed by atoms with Crippen molar-refractivity contribution < 1.29 is 14.3 Å². The van der Waals surface area contributed by atoms with Crippen LogP contribution in [-0.2, 0) is 11.3 Å². The van der Waals surface area contributed by atoms with Gasteiger partial charge in [-0.25, -0.2) is 4.79 Å². The SMILES string of the molecule is CC(C)(C)OC(=O)Nc1ccc(OCCNCc2cccs2)cc1. The van der Waals surface area contributed by atoms with Gasteiger partial charge in [0.25, 0.3) is 0 Å². The van der Waals surface area contributed by atoms with Crippen LogP contribution in [0.25, 0.3) is 0 Å². The summed E-state index contributed by atoms with van der Waals surface area (Å²) in [6.07, 6.45) is -0.464.